The van der Waals surface area contributed by atoms with Gasteiger partial charge >= 0.3 is 0 Å². The van der Waals surface area contributed by atoms with Crippen LogP contribution in [0.25, 0.3) is 0 Å². The van der Waals surface area contributed by atoms with Crippen LogP contribution in [0.4, 0.5) is 0 Å². The smallest absolute Gasteiger partial charge is 0.176 e. The predicted octanol–water partition coefficient (Wildman–Crippen LogP) is 2.56. The number of terminal acetylenes is 1. The number of hydrogen-bond donors (Lipinski definition) is 1. The zero-order valence-electron chi connectivity index (χ0n) is 12.8. The van der Waals surface area contributed by atoms with E-state index in [4.69, 9.17) is 26.4 Å². The largest absolute Gasteiger partial charge is 0.501 e. The van der Waals surface area contributed by atoms with Crippen LogP contribution in [0.5, 0.6) is 5.75 Å². The van der Waals surface area contributed by atoms with Gasteiger partial charge < -0.3 is 14.2 Å². The van der Waals surface area contributed by atoms with Crippen LogP contribution in [0, 0.1) is 12.3 Å². The van der Waals surface area contributed by atoms with Crippen molar-refractivity contribution in [3.05, 3.63) is 53.3 Å². The second kappa shape index (κ2) is 7.53. The van der Waals surface area contributed by atoms with Gasteiger partial charge in [-0.3, -0.25) is 5.73 Å². The molecule has 112 valence electrons. The van der Waals surface area contributed by atoms with Crippen molar-refractivity contribution in [2.45, 2.75) is 12.6 Å². The topological polar surface area (TPSA) is 53.7 Å². The van der Waals surface area contributed by atoms with E-state index in [1.54, 1.807) is 38.5 Å². The Balaban J connectivity index is 3.25. The number of methoxy groups -OCH3 is 3. The first kappa shape index (κ1) is 16.8. The van der Waals surface area contributed by atoms with Crippen molar-refractivity contribution in [2.24, 2.45) is 5.73 Å². The number of nitrogens with two attached hydrogens (primary N) is 1. The number of allylic oxidation sites excluding steroid dienone is 3. The summed E-state index contributed by atoms with van der Waals surface area (Å²) in [6.07, 6.45) is 9.05. The van der Waals surface area contributed by atoms with Gasteiger partial charge in [-0.25, -0.2) is 0 Å². The minimum absolute atomic E-state index is 0.492. The second-order valence-electron chi connectivity index (χ2n) is 4.37. The van der Waals surface area contributed by atoms with Crippen molar-refractivity contribution in [2.75, 3.05) is 21.3 Å². The molecule has 0 radical (unpaired) electrons. The molecule has 1 rings (SSSR count). The summed E-state index contributed by atoms with van der Waals surface area (Å²) >= 11 is 0. The number of benzene rings is 1. The van der Waals surface area contributed by atoms with Gasteiger partial charge in [0.25, 0.3) is 0 Å². The lowest BCUT2D eigenvalue weighted by Gasteiger charge is -2.28. The zero-order valence-corrected chi connectivity index (χ0v) is 12.8. The average Bonchev–Trinajstić information content (AvgIpc) is 2.54. The molecule has 1 aromatic rings. The van der Waals surface area contributed by atoms with E-state index < -0.39 is 5.72 Å². The van der Waals surface area contributed by atoms with Crippen LogP contribution in [-0.2, 0) is 15.2 Å². The first-order valence-electron chi connectivity index (χ1n) is 6.40. The molecule has 0 fully saturated rings. The maximum atomic E-state index is 6.35. The van der Waals surface area contributed by atoms with Gasteiger partial charge in [-0.05, 0) is 31.2 Å². The lowest BCUT2D eigenvalue weighted by Crippen LogP contribution is -2.40. The molecule has 1 aromatic carbocycles. The summed E-state index contributed by atoms with van der Waals surface area (Å²) in [6.45, 7) is 1.82. The number of rotatable bonds is 6. The Morgan fingerprint density at radius 1 is 1.19 bits per heavy atom. The van der Waals surface area contributed by atoms with Crippen LogP contribution in [0.1, 0.15) is 12.5 Å². The number of hydrogen-bond acceptors (Lipinski definition) is 4. The Morgan fingerprint density at radius 3 is 2.24 bits per heavy atom. The second-order valence-corrected chi connectivity index (χ2v) is 4.37. The molecular formula is C17H21NO3. The van der Waals surface area contributed by atoms with Crippen LogP contribution in [0.2, 0.25) is 0 Å². The summed E-state index contributed by atoms with van der Waals surface area (Å²) in [5.41, 5.74) is 6.37. The van der Waals surface area contributed by atoms with Gasteiger partial charge in [0.05, 0.1) is 25.6 Å². The van der Waals surface area contributed by atoms with E-state index in [0.29, 0.717) is 5.57 Å². The predicted molar refractivity (Wildman–Crippen MR) is 83.6 cm³/mol. The molecule has 0 aliphatic rings. The van der Waals surface area contributed by atoms with Crippen LogP contribution in [0.15, 0.2) is 47.7 Å². The minimum Gasteiger partial charge on any atom is -0.501 e. The molecular weight excluding hydrogens is 266 g/mol. The molecule has 0 aliphatic carbocycles. The number of ether oxygens (including phenoxy) is 3. The van der Waals surface area contributed by atoms with E-state index in [9.17, 15) is 0 Å². The van der Waals surface area contributed by atoms with E-state index in [1.807, 2.05) is 19.1 Å². The lowest BCUT2D eigenvalue weighted by atomic mass is 9.94. The van der Waals surface area contributed by atoms with E-state index in [1.165, 1.54) is 7.11 Å². The maximum Gasteiger partial charge on any atom is 0.176 e. The van der Waals surface area contributed by atoms with Gasteiger partial charge in [0.2, 0.25) is 0 Å². The fraction of sp³-hybridized carbons (Fsp3) is 0.294. The molecule has 0 amide bonds. The van der Waals surface area contributed by atoms with Gasteiger partial charge in [-0.15, -0.1) is 6.42 Å². The Morgan fingerprint density at radius 2 is 1.81 bits per heavy atom. The summed E-state index contributed by atoms with van der Waals surface area (Å²) < 4.78 is 15.7. The summed E-state index contributed by atoms with van der Waals surface area (Å²) in [4.78, 5) is 0. The van der Waals surface area contributed by atoms with Gasteiger partial charge in [0.1, 0.15) is 5.75 Å². The highest BCUT2D eigenvalue weighted by Gasteiger charge is 2.30. The quantitative estimate of drug-likeness (QED) is 0.378. The highest BCUT2D eigenvalue weighted by atomic mass is 16.5. The summed E-state index contributed by atoms with van der Waals surface area (Å²) in [5.74, 6) is 4.03. The molecule has 0 heterocycles. The van der Waals surface area contributed by atoms with Crippen molar-refractivity contribution < 1.29 is 14.2 Å². The highest BCUT2D eigenvalue weighted by molar-refractivity contribution is 5.44. The minimum atomic E-state index is -1.20. The Hall–Kier alpha value is -2.22. The Labute approximate surface area is 126 Å². The van der Waals surface area contributed by atoms with Crippen molar-refractivity contribution in [3.63, 3.8) is 0 Å². The third-order valence-electron chi connectivity index (χ3n) is 3.20. The molecule has 4 heteroatoms. The third kappa shape index (κ3) is 3.88. The molecule has 0 saturated heterocycles. The molecule has 21 heavy (non-hydrogen) atoms. The van der Waals surface area contributed by atoms with Gasteiger partial charge in [-0.2, -0.15) is 0 Å². The van der Waals surface area contributed by atoms with Gasteiger partial charge in [0, 0.05) is 12.7 Å². The van der Waals surface area contributed by atoms with Crippen LogP contribution in [-0.4, -0.2) is 21.3 Å². The monoisotopic (exact) mass is 287 g/mol. The van der Waals surface area contributed by atoms with E-state index in [2.05, 4.69) is 5.92 Å². The Kier molecular flexibility index (Phi) is 6.04. The third-order valence-corrected chi connectivity index (χ3v) is 3.20. The fourth-order valence-electron chi connectivity index (χ4n) is 1.77. The standard InChI is InChI=1S/C17H21NO3/c1-6-14(8-7-13(2)19-3)17(18,21-5)15-9-11-16(20-4)12-10-15/h1,7-12H,18H2,2-5H3/b13-7+,14-8+. The molecule has 1 atom stereocenters. The SMILES string of the molecule is C#C/C(=C\C=C(/C)OC)C(N)(OC)c1ccc(OC)cc1. The van der Waals surface area contributed by atoms with Gasteiger partial charge in [0.15, 0.2) is 5.72 Å². The molecule has 0 aliphatic heterocycles. The first-order chi connectivity index (χ1) is 10.0. The average molecular weight is 287 g/mol. The van der Waals surface area contributed by atoms with Crippen LogP contribution >= 0.6 is 0 Å². The molecule has 0 bridgehead atoms. The summed E-state index contributed by atoms with van der Waals surface area (Å²) in [5, 5.41) is 0. The fourth-order valence-corrected chi connectivity index (χ4v) is 1.77. The maximum absolute atomic E-state index is 6.35. The molecule has 0 spiro atoms. The summed E-state index contributed by atoms with van der Waals surface area (Å²) in [6, 6.07) is 7.25. The van der Waals surface area contributed by atoms with Crippen LogP contribution < -0.4 is 10.5 Å². The van der Waals surface area contributed by atoms with Crippen molar-refractivity contribution >= 4 is 0 Å². The lowest BCUT2D eigenvalue weighted by molar-refractivity contribution is 0.0281. The van der Waals surface area contributed by atoms with E-state index in [-0.39, 0.29) is 0 Å². The normalized spacial score (nSPS) is 15.0. The molecule has 2 N–H and O–H groups in total. The van der Waals surface area contributed by atoms with E-state index >= 15 is 0 Å². The van der Waals surface area contributed by atoms with Crippen molar-refractivity contribution in [1.82, 2.24) is 0 Å². The van der Waals surface area contributed by atoms with Crippen molar-refractivity contribution in [3.8, 4) is 18.1 Å². The first-order valence-corrected chi connectivity index (χ1v) is 6.40. The summed E-state index contributed by atoms with van der Waals surface area (Å²) in [7, 11) is 4.71. The van der Waals surface area contributed by atoms with E-state index in [0.717, 1.165) is 17.1 Å². The van der Waals surface area contributed by atoms with Gasteiger partial charge in [-0.1, -0.05) is 18.1 Å². The molecule has 0 aromatic heterocycles. The Bertz CT molecular complexity index is 567. The van der Waals surface area contributed by atoms with Crippen molar-refractivity contribution in [1.29, 1.82) is 0 Å². The molecule has 0 saturated carbocycles. The zero-order chi connectivity index (χ0) is 15.9. The molecule has 1 unspecified atom stereocenters. The van der Waals surface area contributed by atoms with Crippen LogP contribution in [0.3, 0.4) is 0 Å². The molecule has 4 nitrogen and oxygen atoms in total. The highest BCUT2D eigenvalue weighted by Crippen LogP contribution is 2.29.